The molecule has 0 atom stereocenters. The summed E-state index contributed by atoms with van der Waals surface area (Å²) in [5.74, 6) is 0.736. The second kappa shape index (κ2) is 11.8. The lowest BCUT2D eigenvalue weighted by molar-refractivity contribution is 0.0953. The number of nitrogens with zero attached hydrogens (tertiary/aromatic N) is 3. The van der Waals surface area contributed by atoms with E-state index < -0.39 is 0 Å². The topological polar surface area (TPSA) is 69.0 Å². The van der Waals surface area contributed by atoms with Crippen molar-refractivity contribution in [1.29, 1.82) is 0 Å². The van der Waals surface area contributed by atoms with Crippen molar-refractivity contribution < 1.29 is 9.53 Å². The molecule has 1 aromatic carbocycles. The summed E-state index contributed by atoms with van der Waals surface area (Å²) < 4.78 is 7.48. The molecular formula is C31H34N4O2S. The van der Waals surface area contributed by atoms with Gasteiger partial charge in [-0.3, -0.25) is 9.78 Å². The molecule has 0 unspecified atom stereocenters. The fraction of sp³-hybridized carbons (Fsp3) is 0.323. The van der Waals surface area contributed by atoms with Crippen molar-refractivity contribution in [3.8, 4) is 33.4 Å². The summed E-state index contributed by atoms with van der Waals surface area (Å²) in [5, 5.41) is 6.15. The van der Waals surface area contributed by atoms with Crippen LogP contribution in [0.1, 0.15) is 60.8 Å². The van der Waals surface area contributed by atoms with E-state index in [0.717, 1.165) is 70.5 Å². The van der Waals surface area contributed by atoms with Gasteiger partial charge in [-0.15, -0.1) is 11.3 Å². The molecule has 1 aliphatic rings. The molecular weight excluding hydrogens is 492 g/mol. The molecule has 6 nitrogen and oxygen atoms in total. The zero-order valence-corrected chi connectivity index (χ0v) is 23.1. The summed E-state index contributed by atoms with van der Waals surface area (Å²) in [6.45, 7) is 4.74. The van der Waals surface area contributed by atoms with E-state index in [9.17, 15) is 4.79 Å². The molecule has 0 saturated carbocycles. The highest BCUT2D eigenvalue weighted by molar-refractivity contribution is 7.13. The summed E-state index contributed by atoms with van der Waals surface area (Å²) >= 11 is 1.60. The predicted octanol–water partition coefficient (Wildman–Crippen LogP) is 7.16. The molecule has 1 aliphatic carbocycles. The normalized spacial score (nSPS) is 13.3. The highest BCUT2D eigenvalue weighted by Gasteiger charge is 2.21. The third kappa shape index (κ3) is 5.58. The molecule has 3 heterocycles. The van der Waals surface area contributed by atoms with E-state index in [4.69, 9.17) is 9.72 Å². The van der Waals surface area contributed by atoms with E-state index in [1.54, 1.807) is 18.4 Å². The Labute approximate surface area is 228 Å². The number of aromatic nitrogens is 3. The van der Waals surface area contributed by atoms with Gasteiger partial charge >= 0.3 is 0 Å². The van der Waals surface area contributed by atoms with Crippen LogP contribution in [0.4, 0.5) is 0 Å². The number of benzene rings is 1. The van der Waals surface area contributed by atoms with E-state index in [0.29, 0.717) is 12.1 Å². The van der Waals surface area contributed by atoms with Crippen LogP contribution in [0.5, 0.6) is 5.75 Å². The molecule has 0 saturated heterocycles. The molecule has 0 aliphatic heterocycles. The highest BCUT2D eigenvalue weighted by atomic mass is 32.1. The van der Waals surface area contributed by atoms with Crippen molar-refractivity contribution in [2.24, 2.45) is 0 Å². The number of allylic oxidation sites excluding steroid dienone is 1. The average molecular weight is 527 g/mol. The van der Waals surface area contributed by atoms with Crippen molar-refractivity contribution >= 4 is 17.2 Å². The lowest BCUT2D eigenvalue weighted by Crippen LogP contribution is -2.25. The van der Waals surface area contributed by atoms with Crippen LogP contribution in [0, 0.1) is 6.92 Å². The van der Waals surface area contributed by atoms with Gasteiger partial charge in [-0.25, -0.2) is 4.98 Å². The molecule has 3 aromatic heterocycles. The van der Waals surface area contributed by atoms with Crippen LogP contribution >= 0.6 is 11.3 Å². The number of hydrogen-bond acceptors (Lipinski definition) is 5. The van der Waals surface area contributed by atoms with Crippen molar-refractivity contribution in [3.63, 3.8) is 0 Å². The minimum atomic E-state index is -0.0513. The first kappa shape index (κ1) is 25.9. The third-order valence-electron chi connectivity index (χ3n) is 7.13. The Morgan fingerprint density at radius 2 is 2.00 bits per heavy atom. The number of carbonyl (C=O) groups excluding carboxylic acids is 1. The number of rotatable bonds is 9. The molecule has 0 fully saturated rings. The van der Waals surface area contributed by atoms with Crippen LogP contribution < -0.4 is 10.1 Å². The summed E-state index contributed by atoms with van der Waals surface area (Å²) in [7, 11) is 1.66. The third-order valence-corrected chi connectivity index (χ3v) is 8.02. The molecule has 1 amide bonds. The standard InChI is InChI=1S/C31H34N4O2S/c1-4-24-18-23(15-17-32-24)31-34-28(20-38-31)29-19-27(30(36)33-16-14-22-8-6-5-7-9-22)21(2)35(29)25-10-12-26(37-3)13-11-25/h8,10-13,15,17-20H,4-7,9,14,16H2,1-3H3,(H,33,36). The first-order chi connectivity index (χ1) is 18.6. The van der Waals surface area contributed by atoms with Crippen LogP contribution in [-0.4, -0.2) is 34.1 Å². The maximum absolute atomic E-state index is 13.3. The van der Waals surface area contributed by atoms with Crippen molar-refractivity contribution in [1.82, 2.24) is 19.9 Å². The van der Waals surface area contributed by atoms with Crippen molar-refractivity contribution in [2.75, 3.05) is 13.7 Å². The van der Waals surface area contributed by atoms with Crippen molar-refractivity contribution in [3.05, 3.63) is 82.6 Å². The monoisotopic (exact) mass is 526 g/mol. The van der Waals surface area contributed by atoms with Gasteiger partial charge in [-0.1, -0.05) is 18.6 Å². The number of nitrogens with one attached hydrogen (secondary N) is 1. The minimum absolute atomic E-state index is 0.0513. The second-order valence-corrected chi connectivity index (χ2v) is 10.5. The van der Waals surface area contributed by atoms with Gasteiger partial charge in [0.25, 0.3) is 5.91 Å². The van der Waals surface area contributed by atoms with E-state index in [2.05, 4.69) is 39.3 Å². The zero-order valence-electron chi connectivity index (χ0n) is 22.3. The van der Waals surface area contributed by atoms with E-state index in [1.807, 2.05) is 49.5 Å². The summed E-state index contributed by atoms with van der Waals surface area (Å²) in [4.78, 5) is 22.8. The quantitative estimate of drug-likeness (QED) is 0.235. The number of ether oxygens (including phenoxy) is 1. The smallest absolute Gasteiger partial charge is 0.253 e. The Hall–Kier alpha value is -3.71. The summed E-state index contributed by atoms with van der Waals surface area (Å²) in [6.07, 6.45) is 10.8. The Morgan fingerprint density at radius 3 is 2.74 bits per heavy atom. The van der Waals surface area contributed by atoms with Gasteiger partial charge < -0.3 is 14.6 Å². The number of hydrogen-bond donors (Lipinski definition) is 1. The van der Waals surface area contributed by atoms with Gasteiger partial charge in [-0.05, 0) is 87.9 Å². The van der Waals surface area contributed by atoms with Gasteiger partial charge in [-0.2, -0.15) is 0 Å². The molecule has 4 aromatic rings. The van der Waals surface area contributed by atoms with E-state index in [1.165, 1.54) is 18.4 Å². The van der Waals surface area contributed by atoms with Gasteiger partial charge in [0.05, 0.1) is 24.1 Å². The fourth-order valence-electron chi connectivity index (χ4n) is 4.98. The first-order valence-corrected chi connectivity index (χ1v) is 14.2. The lowest BCUT2D eigenvalue weighted by atomic mass is 9.97. The lowest BCUT2D eigenvalue weighted by Gasteiger charge is -2.13. The molecule has 7 heteroatoms. The van der Waals surface area contributed by atoms with Gasteiger partial charge in [0.2, 0.25) is 0 Å². The second-order valence-electron chi connectivity index (χ2n) is 9.60. The Morgan fingerprint density at radius 1 is 1.16 bits per heavy atom. The van der Waals surface area contributed by atoms with Crippen molar-refractivity contribution in [2.45, 2.75) is 52.4 Å². The van der Waals surface area contributed by atoms with Crippen LogP contribution in [0.3, 0.4) is 0 Å². The summed E-state index contributed by atoms with van der Waals surface area (Å²) in [5.41, 5.74) is 7.79. The van der Waals surface area contributed by atoms with Gasteiger partial charge in [0, 0.05) is 40.8 Å². The molecule has 0 radical (unpaired) electrons. The molecule has 5 rings (SSSR count). The summed E-state index contributed by atoms with van der Waals surface area (Å²) in [6, 6.07) is 14.0. The van der Waals surface area contributed by atoms with Crippen LogP contribution in [0.25, 0.3) is 27.6 Å². The number of methoxy groups -OCH3 is 1. The minimum Gasteiger partial charge on any atom is -0.497 e. The average Bonchev–Trinajstić information content (AvgIpc) is 3.59. The fourth-order valence-corrected chi connectivity index (χ4v) is 5.79. The largest absolute Gasteiger partial charge is 0.497 e. The number of aryl methyl sites for hydroxylation is 1. The number of pyridine rings is 1. The Kier molecular flexibility index (Phi) is 8.03. The number of carbonyl (C=O) groups is 1. The maximum Gasteiger partial charge on any atom is 0.253 e. The van der Waals surface area contributed by atoms with Gasteiger partial charge in [0.1, 0.15) is 10.8 Å². The predicted molar refractivity (Wildman–Crippen MR) is 154 cm³/mol. The van der Waals surface area contributed by atoms with Crippen LogP contribution in [-0.2, 0) is 6.42 Å². The Balaban J connectivity index is 1.48. The molecule has 0 bridgehead atoms. The van der Waals surface area contributed by atoms with E-state index in [-0.39, 0.29) is 5.91 Å². The molecule has 1 N–H and O–H groups in total. The van der Waals surface area contributed by atoms with E-state index >= 15 is 0 Å². The first-order valence-electron chi connectivity index (χ1n) is 13.3. The number of thiazole rings is 1. The van der Waals surface area contributed by atoms with Gasteiger partial charge in [0.15, 0.2) is 0 Å². The molecule has 38 heavy (non-hydrogen) atoms. The zero-order chi connectivity index (χ0) is 26.5. The molecule has 0 spiro atoms. The molecule has 196 valence electrons. The highest BCUT2D eigenvalue weighted by Crippen LogP contribution is 2.34. The van der Waals surface area contributed by atoms with Crippen LogP contribution in [0.2, 0.25) is 0 Å². The number of amides is 1. The van der Waals surface area contributed by atoms with Crippen LogP contribution in [0.15, 0.2) is 65.7 Å². The maximum atomic E-state index is 13.3. The SMILES string of the molecule is CCc1cc(-c2nc(-c3cc(C(=O)NCCC4=CCCCC4)c(C)n3-c3ccc(OC)cc3)cs2)ccn1. The Bertz CT molecular complexity index is 1450.